The number of hydrogen-bond acceptors (Lipinski definition) is 3. The van der Waals surface area contributed by atoms with Gasteiger partial charge in [-0.2, -0.15) is 0 Å². The van der Waals surface area contributed by atoms with Crippen LogP contribution < -0.4 is 10.1 Å². The van der Waals surface area contributed by atoms with Crippen LogP contribution in [0.25, 0.3) is 0 Å². The second-order valence-corrected chi connectivity index (χ2v) is 4.65. The maximum absolute atomic E-state index is 11.7. The van der Waals surface area contributed by atoms with E-state index in [4.69, 9.17) is 4.74 Å². The van der Waals surface area contributed by atoms with Crippen LogP contribution in [0.15, 0.2) is 30.0 Å². The predicted octanol–water partition coefficient (Wildman–Crippen LogP) is 3.44. The molecule has 0 aliphatic heterocycles. The number of carbonyl (C=O) groups is 1. The summed E-state index contributed by atoms with van der Waals surface area (Å²) in [5, 5.41) is 3.20. The number of anilines is 1. The van der Waals surface area contributed by atoms with E-state index in [1.165, 1.54) is 0 Å². The highest BCUT2D eigenvalue weighted by Crippen LogP contribution is 2.26. The molecule has 1 aliphatic carbocycles. The van der Waals surface area contributed by atoms with E-state index < -0.39 is 0 Å². The van der Waals surface area contributed by atoms with Crippen molar-refractivity contribution in [2.45, 2.75) is 32.6 Å². The normalized spacial score (nSPS) is 17.9. The van der Waals surface area contributed by atoms with Gasteiger partial charge in [0.2, 0.25) is 0 Å². The topological polar surface area (TPSA) is 38.3 Å². The van der Waals surface area contributed by atoms with Crippen molar-refractivity contribution in [3.05, 3.63) is 35.5 Å². The van der Waals surface area contributed by atoms with E-state index in [1.807, 2.05) is 31.3 Å². The van der Waals surface area contributed by atoms with Crippen LogP contribution in [0.5, 0.6) is 5.75 Å². The van der Waals surface area contributed by atoms with Gasteiger partial charge in [-0.05, 0) is 43.9 Å². The van der Waals surface area contributed by atoms with Crippen molar-refractivity contribution in [2.24, 2.45) is 0 Å². The van der Waals surface area contributed by atoms with Crippen LogP contribution in [-0.2, 0) is 4.79 Å². The SMILES string of the molecule is COc1ccc(C)cc1N/C=C1/CCCCC1=O. The Morgan fingerprint density at radius 2 is 2.06 bits per heavy atom. The fraction of sp³-hybridized carbons (Fsp3) is 0.400. The fourth-order valence-corrected chi connectivity index (χ4v) is 2.15. The second kappa shape index (κ2) is 5.71. The van der Waals surface area contributed by atoms with Crippen LogP contribution in [0.2, 0.25) is 0 Å². The van der Waals surface area contributed by atoms with Crippen molar-refractivity contribution < 1.29 is 9.53 Å². The van der Waals surface area contributed by atoms with Gasteiger partial charge >= 0.3 is 0 Å². The lowest BCUT2D eigenvalue weighted by atomic mass is 9.94. The van der Waals surface area contributed by atoms with Gasteiger partial charge in [0, 0.05) is 18.2 Å². The first kappa shape index (κ1) is 12.7. The summed E-state index contributed by atoms with van der Waals surface area (Å²) in [7, 11) is 1.65. The van der Waals surface area contributed by atoms with E-state index in [1.54, 1.807) is 7.11 Å². The number of allylic oxidation sites excluding steroid dienone is 1. The molecule has 3 nitrogen and oxygen atoms in total. The number of Topliss-reactive ketones (excluding diaryl/α,β-unsaturated/α-hetero) is 1. The molecule has 1 aromatic carbocycles. The Morgan fingerprint density at radius 1 is 1.28 bits per heavy atom. The summed E-state index contributed by atoms with van der Waals surface area (Å²) in [5.41, 5.74) is 2.96. The highest BCUT2D eigenvalue weighted by Gasteiger charge is 2.14. The molecule has 0 bridgehead atoms. The Hall–Kier alpha value is -1.77. The van der Waals surface area contributed by atoms with Gasteiger partial charge in [0.25, 0.3) is 0 Å². The number of ketones is 1. The number of nitrogens with one attached hydrogen (secondary N) is 1. The first-order valence-corrected chi connectivity index (χ1v) is 6.34. The summed E-state index contributed by atoms with van der Waals surface area (Å²) in [5.74, 6) is 1.06. The molecule has 1 saturated carbocycles. The van der Waals surface area contributed by atoms with Crippen molar-refractivity contribution in [3.63, 3.8) is 0 Å². The Bertz CT molecular complexity index is 477. The molecule has 0 radical (unpaired) electrons. The van der Waals surface area contributed by atoms with Gasteiger partial charge in [0.1, 0.15) is 5.75 Å². The molecule has 0 saturated heterocycles. The number of carbonyl (C=O) groups excluding carboxylic acids is 1. The minimum Gasteiger partial charge on any atom is -0.495 e. The zero-order valence-electron chi connectivity index (χ0n) is 11.0. The third-order valence-corrected chi connectivity index (χ3v) is 3.21. The van der Waals surface area contributed by atoms with Crippen molar-refractivity contribution in [3.8, 4) is 5.75 Å². The first-order valence-electron chi connectivity index (χ1n) is 6.34. The summed E-state index contributed by atoms with van der Waals surface area (Å²) < 4.78 is 5.29. The third kappa shape index (κ3) is 2.92. The Kier molecular flexibility index (Phi) is 4.03. The largest absolute Gasteiger partial charge is 0.495 e. The summed E-state index contributed by atoms with van der Waals surface area (Å²) in [6.45, 7) is 2.03. The predicted molar refractivity (Wildman–Crippen MR) is 72.9 cm³/mol. The maximum atomic E-state index is 11.7. The van der Waals surface area contributed by atoms with Crippen LogP contribution in [0.4, 0.5) is 5.69 Å². The average molecular weight is 245 g/mol. The fourth-order valence-electron chi connectivity index (χ4n) is 2.15. The van der Waals surface area contributed by atoms with Crippen molar-refractivity contribution >= 4 is 11.5 Å². The Labute approximate surface area is 108 Å². The maximum Gasteiger partial charge on any atom is 0.160 e. The summed E-state index contributed by atoms with van der Waals surface area (Å²) in [4.78, 5) is 11.7. The first-order chi connectivity index (χ1) is 8.70. The number of methoxy groups -OCH3 is 1. The zero-order chi connectivity index (χ0) is 13.0. The minimum absolute atomic E-state index is 0.264. The molecule has 96 valence electrons. The van der Waals surface area contributed by atoms with Gasteiger partial charge < -0.3 is 10.1 Å². The average Bonchev–Trinajstić information content (AvgIpc) is 2.38. The van der Waals surface area contributed by atoms with Crippen LogP contribution >= 0.6 is 0 Å². The molecule has 18 heavy (non-hydrogen) atoms. The highest BCUT2D eigenvalue weighted by atomic mass is 16.5. The van der Waals surface area contributed by atoms with E-state index in [2.05, 4.69) is 5.32 Å². The molecule has 1 aliphatic rings. The van der Waals surface area contributed by atoms with Gasteiger partial charge in [-0.3, -0.25) is 4.79 Å². The number of rotatable bonds is 3. The smallest absolute Gasteiger partial charge is 0.160 e. The number of hydrogen-bond donors (Lipinski definition) is 1. The molecule has 0 atom stereocenters. The molecule has 3 heteroatoms. The number of aryl methyl sites for hydroxylation is 1. The number of benzene rings is 1. The summed E-state index contributed by atoms with van der Waals surface area (Å²) in [6, 6.07) is 5.95. The highest BCUT2D eigenvalue weighted by molar-refractivity contribution is 5.96. The van der Waals surface area contributed by atoms with Crippen molar-refractivity contribution in [1.82, 2.24) is 0 Å². The molecule has 1 fully saturated rings. The van der Waals surface area contributed by atoms with E-state index >= 15 is 0 Å². The quantitative estimate of drug-likeness (QED) is 0.829. The minimum atomic E-state index is 0.264. The van der Waals surface area contributed by atoms with Crippen molar-refractivity contribution in [1.29, 1.82) is 0 Å². The Morgan fingerprint density at radius 3 is 2.78 bits per heavy atom. The standard InChI is InChI=1S/C15H19NO2/c1-11-7-8-15(18-2)13(9-11)16-10-12-5-3-4-6-14(12)17/h7-10,16H,3-6H2,1-2H3/b12-10-. The van der Waals surface area contributed by atoms with Gasteiger partial charge in [0.05, 0.1) is 12.8 Å². The molecule has 0 heterocycles. The third-order valence-electron chi connectivity index (χ3n) is 3.21. The van der Waals surface area contributed by atoms with Crippen LogP contribution in [0.1, 0.15) is 31.2 Å². The van der Waals surface area contributed by atoms with Gasteiger partial charge in [-0.15, -0.1) is 0 Å². The van der Waals surface area contributed by atoms with E-state index in [0.29, 0.717) is 6.42 Å². The van der Waals surface area contributed by atoms with E-state index in [0.717, 1.165) is 41.8 Å². The van der Waals surface area contributed by atoms with Crippen LogP contribution in [0, 0.1) is 6.92 Å². The van der Waals surface area contributed by atoms with E-state index in [-0.39, 0.29) is 5.78 Å². The lowest BCUT2D eigenvalue weighted by molar-refractivity contribution is -0.116. The lowest BCUT2D eigenvalue weighted by Gasteiger charge is -2.14. The van der Waals surface area contributed by atoms with Gasteiger partial charge in [-0.25, -0.2) is 0 Å². The molecular weight excluding hydrogens is 226 g/mol. The molecule has 0 unspecified atom stereocenters. The molecule has 0 spiro atoms. The summed E-state index contributed by atoms with van der Waals surface area (Å²) in [6.07, 6.45) is 5.51. The molecular formula is C15H19NO2. The molecule has 0 amide bonds. The Balaban J connectivity index is 2.16. The number of ether oxygens (including phenoxy) is 1. The molecule has 2 rings (SSSR count). The van der Waals surface area contributed by atoms with Gasteiger partial charge in [-0.1, -0.05) is 6.07 Å². The van der Waals surface area contributed by atoms with Crippen LogP contribution in [0.3, 0.4) is 0 Å². The van der Waals surface area contributed by atoms with Gasteiger partial charge in [0.15, 0.2) is 5.78 Å². The second-order valence-electron chi connectivity index (χ2n) is 4.65. The molecule has 1 N–H and O–H groups in total. The molecule has 0 aromatic heterocycles. The zero-order valence-corrected chi connectivity index (χ0v) is 11.0. The monoisotopic (exact) mass is 245 g/mol. The molecule has 1 aromatic rings. The lowest BCUT2D eigenvalue weighted by Crippen LogP contribution is -2.10. The van der Waals surface area contributed by atoms with Crippen LogP contribution in [-0.4, -0.2) is 12.9 Å². The van der Waals surface area contributed by atoms with E-state index in [9.17, 15) is 4.79 Å². The van der Waals surface area contributed by atoms with Crippen molar-refractivity contribution in [2.75, 3.05) is 12.4 Å². The summed E-state index contributed by atoms with van der Waals surface area (Å²) >= 11 is 0.